The predicted molar refractivity (Wildman–Crippen MR) is 75.3 cm³/mol. The second kappa shape index (κ2) is 6.00. The zero-order chi connectivity index (χ0) is 14.7. The summed E-state index contributed by atoms with van der Waals surface area (Å²) in [5.74, 6) is -0.160. The normalized spacial score (nSPS) is 14.1. The van der Waals surface area contributed by atoms with Crippen molar-refractivity contribution < 1.29 is 14.5 Å². The van der Waals surface area contributed by atoms with Crippen molar-refractivity contribution in [2.75, 3.05) is 25.2 Å². The minimum absolute atomic E-state index is 0.0542. The average molecular weight is 278 g/mol. The molecule has 0 bridgehead atoms. The average Bonchev–Trinajstić information content (AvgIpc) is 3.23. The Bertz CT molecular complexity index is 526. The number of nitro benzene ring substituents is 1. The molecule has 0 aromatic heterocycles. The first-order valence-corrected chi connectivity index (χ1v) is 6.59. The predicted octanol–water partition coefficient (Wildman–Crippen LogP) is 2.41. The van der Waals surface area contributed by atoms with Crippen molar-refractivity contribution in [3.8, 4) is 0 Å². The van der Waals surface area contributed by atoms with Crippen LogP contribution < -0.4 is 4.90 Å². The number of nitrogens with zero attached hydrogens (tertiary/aromatic N) is 2. The van der Waals surface area contributed by atoms with Gasteiger partial charge in [0, 0.05) is 43.1 Å². The molecule has 0 saturated heterocycles. The number of benzene rings is 1. The van der Waals surface area contributed by atoms with Gasteiger partial charge in [-0.3, -0.25) is 14.9 Å². The number of anilines is 1. The van der Waals surface area contributed by atoms with Crippen LogP contribution in [0.4, 0.5) is 11.4 Å². The van der Waals surface area contributed by atoms with E-state index in [0.717, 1.165) is 18.5 Å². The number of nitro groups is 1. The molecule has 0 atom stereocenters. The van der Waals surface area contributed by atoms with Crippen LogP contribution in [0.25, 0.3) is 0 Å². The summed E-state index contributed by atoms with van der Waals surface area (Å²) in [6.45, 7) is 2.67. The third-order valence-electron chi connectivity index (χ3n) is 3.40. The van der Waals surface area contributed by atoms with Crippen molar-refractivity contribution in [1.29, 1.82) is 0 Å². The van der Waals surface area contributed by atoms with Crippen LogP contribution in [0.15, 0.2) is 18.2 Å². The Balaban J connectivity index is 2.37. The molecule has 0 aliphatic heterocycles. The fourth-order valence-electron chi connectivity index (χ4n) is 2.25. The van der Waals surface area contributed by atoms with Gasteiger partial charge in [-0.05, 0) is 25.8 Å². The molecule has 1 aliphatic carbocycles. The first-order chi connectivity index (χ1) is 9.54. The summed E-state index contributed by atoms with van der Waals surface area (Å²) >= 11 is 0. The number of hydrogen-bond acceptors (Lipinski definition) is 5. The van der Waals surface area contributed by atoms with E-state index in [1.54, 1.807) is 13.2 Å². The molecule has 1 fully saturated rings. The van der Waals surface area contributed by atoms with Gasteiger partial charge in [0.25, 0.3) is 5.69 Å². The molecule has 1 aromatic rings. The summed E-state index contributed by atoms with van der Waals surface area (Å²) in [6.07, 6.45) is 2.16. The van der Waals surface area contributed by atoms with E-state index in [-0.39, 0.29) is 11.5 Å². The molecular weight excluding hydrogens is 260 g/mol. The van der Waals surface area contributed by atoms with Gasteiger partial charge in [0.15, 0.2) is 5.78 Å². The van der Waals surface area contributed by atoms with Crippen LogP contribution in [0, 0.1) is 10.1 Å². The van der Waals surface area contributed by atoms with Gasteiger partial charge in [-0.25, -0.2) is 0 Å². The monoisotopic (exact) mass is 278 g/mol. The van der Waals surface area contributed by atoms with E-state index < -0.39 is 4.92 Å². The topological polar surface area (TPSA) is 72.7 Å². The summed E-state index contributed by atoms with van der Waals surface area (Å²) in [5, 5.41) is 10.8. The highest BCUT2D eigenvalue weighted by Gasteiger charge is 2.31. The first kappa shape index (κ1) is 14.5. The number of carbonyl (C=O) groups is 1. The smallest absolute Gasteiger partial charge is 0.270 e. The molecule has 20 heavy (non-hydrogen) atoms. The van der Waals surface area contributed by atoms with E-state index >= 15 is 0 Å². The van der Waals surface area contributed by atoms with E-state index in [1.807, 2.05) is 0 Å². The molecule has 1 aromatic carbocycles. The summed E-state index contributed by atoms with van der Waals surface area (Å²) in [5.41, 5.74) is 1.12. The van der Waals surface area contributed by atoms with Crippen molar-refractivity contribution >= 4 is 17.2 Å². The maximum Gasteiger partial charge on any atom is 0.270 e. The van der Waals surface area contributed by atoms with E-state index in [4.69, 9.17) is 4.74 Å². The first-order valence-electron chi connectivity index (χ1n) is 6.59. The molecule has 0 heterocycles. The Morgan fingerprint density at radius 2 is 2.20 bits per heavy atom. The van der Waals surface area contributed by atoms with Crippen LogP contribution in [0.3, 0.4) is 0 Å². The second-order valence-electron chi connectivity index (χ2n) is 4.93. The van der Waals surface area contributed by atoms with Crippen LogP contribution in [-0.2, 0) is 4.74 Å². The zero-order valence-corrected chi connectivity index (χ0v) is 11.7. The minimum atomic E-state index is -0.479. The SMILES string of the molecule is COCCN(c1ccc([N+](=O)[O-])cc1C(C)=O)C1CC1. The second-order valence-corrected chi connectivity index (χ2v) is 4.93. The van der Waals surface area contributed by atoms with Crippen LogP contribution in [-0.4, -0.2) is 37.0 Å². The molecule has 6 heteroatoms. The number of ketones is 1. The van der Waals surface area contributed by atoms with Gasteiger partial charge < -0.3 is 9.64 Å². The fraction of sp³-hybridized carbons (Fsp3) is 0.500. The Morgan fingerprint density at radius 1 is 1.50 bits per heavy atom. The number of ether oxygens (including phenoxy) is 1. The third-order valence-corrected chi connectivity index (χ3v) is 3.40. The molecule has 0 radical (unpaired) electrons. The Kier molecular flexibility index (Phi) is 4.34. The zero-order valence-electron chi connectivity index (χ0n) is 11.7. The van der Waals surface area contributed by atoms with E-state index in [2.05, 4.69) is 4.90 Å². The number of hydrogen-bond donors (Lipinski definition) is 0. The Labute approximate surface area is 117 Å². The van der Waals surface area contributed by atoms with Crippen molar-refractivity contribution in [2.24, 2.45) is 0 Å². The number of rotatable bonds is 7. The van der Waals surface area contributed by atoms with Crippen LogP contribution >= 0.6 is 0 Å². The van der Waals surface area contributed by atoms with Gasteiger partial charge >= 0.3 is 0 Å². The number of Topliss-reactive ketones (excluding diaryl/α,β-unsaturated/α-hetero) is 1. The van der Waals surface area contributed by atoms with Crippen molar-refractivity contribution in [3.63, 3.8) is 0 Å². The van der Waals surface area contributed by atoms with Gasteiger partial charge in [-0.1, -0.05) is 0 Å². The highest BCUT2D eigenvalue weighted by atomic mass is 16.6. The van der Waals surface area contributed by atoms with Crippen LogP contribution in [0.2, 0.25) is 0 Å². The molecule has 6 nitrogen and oxygen atoms in total. The highest BCUT2D eigenvalue weighted by molar-refractivity contribution is 6.00. The van der Waals surface area contributed by atoms with Crippen molar-refractivity contribution in [1.82, 2.24) is 0 Å². The molecule has 0 N–H and O–H groups in total. The van der Waals surface area contributed by atoms with Gasteiger partial charge in [0.05, 0.1) is 11.5 Å². The van der Waals surface area contributed by atoms with Crippen molar-refractivity contribution in [2.45, 2.75) is 25.8 Å². The van der Waals surface area contributed by atoms with E-state index in [1.165, 1.54) is 19.1 Å². The lowest BCUT2D eigenvalue weighted by Gasteiger charge is -2.26. The van der Waals surface area contributed by atoms with E-state index in [9.17, 15) is 14.9 Å². The lowest BCUT2D eigenvalue weighted by atomic mass is 10.1. The molecule has 108 valence electrons. The Morgan fingerprint density at radius 3 is 2.70 bits per heavy atom. The van der Waals surface area contributed by atoms with Gasteiger partial charge in [0.2, 0.25) is 0 Å². The Hall–Kier alpha value is -1.95. The van der Waals surface area contributed by atoms with Crippen LogP contribution in [0.1, 0.15) is 30.1 Å². The molecule has 1 aliphatic rings. The van der Waals surface area contributed by atoms with Gasteiger partial charge in [0.1, 0.15) is 0 Å². The maximum absolute atomic E-state index is 11.8. The molecule has 0 spiro atoms. The number of methoxy groups -OCH3 is 1. The van der Waals surface area contributed by atoms with Gasteiger partial charge in [-0.2, -0.15) is 0 Å². The standard InChI is InChI=1S/C14H18N2O4/c1-10(17)13-9-12(16(18)19)5-6-14(13)15(7-8-20-2)11-3-4-11/h5-6,9,11H,3-4,7-8H2,1-2H3. The minimum Gasteiger partial charge on any atom is -0.383 e. The molecule has 0 amide bonds. The van der Waals surface area contributed by atoms with Crippen LogP contribution in [0.5, 0.6) is 0 Å². The number of carbonyl (C=O) groups excluding carboxylic acids is 1. The number of non-ortho nitro benzene ring substituents is 1. The lowest BCUT2D eigenvalue weighted by Crippen LogP contribution is -2.30. The quantitative estimate of drug-likeness (QED) is 0.435. The van der Waals surface area contributed by atoms with Gasteiger partial charge in [-0.15, -0.1) is 0 Å². The fourth-order valence-corrected chi connectivity index (χ4v) is 2.25. The highest BCUT2D eigenvalue weighted by Crippen LogP contribution is 2.35. The summed E-state index contributed by atoms with van der Waals surface area (Å²) in [6, 6.07) is 4.89. The molecular formula is C14H18N2O4. The molecule has 0 unspecified atom stereocenters. The summed E-state index contributed by atoms with van der Waals surface area (Å²) in [7, 11) is 1.63. The third kappa shape index (κ3) is 3.14. The largest absolute Gasteiger partial charge is 0.383 e. The summed E-state index contributed by atoms with van der Waals surface area (Å²) in [4.78, 5) is 24.3. The van der Waals surface area contributed by atoms with E-state index in [0.29, 0.717) is 24.8 Å². The molecule has 2 rings (SSSR count). The summed E-state index contributed by atoms with van der Waals surface area (Å²) < 4.78 is 5.10. The van der Waals surface area contributed by atoms with Crippen molar-refractivity contribution in [3.05, 3.63) is 33.9 Å². The lowest BCUT2D eigenvalue weighted by molar-refractivity contribution is -0.384. The molecule has 1 saturated carbocycles. The maximum atomic E-state index is 11.8.